The fraction of sp³-hybridized carbons (Fsp3) is 0.900. The maximum atomic E-state index is 12.3. The minimum absolute atomic E-state index is 0.0922. The van der Waals surface area contributed by atoms with Crippen molar-refractivity contribution >= 4 is 5.91 Å². The van der Waals surface area contributed by atoms with Crippen molar-refractivity contribution in [2.45, 2.75) is 50.1 Å². The van der Waals surface area contributed by atoms with Crippen LogP contribution in [0.25, 0.3) is 0 Å². The molecule has 3 nitrogen and oxygen atoms in total. The minimum atomic E-state index is -4.41. The molecule has 1 amide bonds. The van der Waals surface area contributed by atoms with E-state index in [0.29, 0.717) is 0 Å². The van der Waals surface area contributed by atoms with Crippen LogP contribution in [0.5, 0.6) is 0 Å². The van der Waals surface area contributed by atoms with Crippen LogP contribution in [0, 0.1) is 0 Å². The van der Waals surface area contributed by atoms with Gasteiger partial charge in [-0.25, -0.2) is 0 Å². The first-order valence-electron chi connectivity index (χ1n) is 5.74. The lowest BCUT2D eigenvalue weighted by atomic mass is 10.00. The minimum Gasteiger partial charge on any atom is -0.352 e. The molecule has 112 valence electrons. The van der Waals surface area contributed by atoms with Crippen LogP contribution in [-0.4, -0.2) is 36.9 Å². The molecule has 0 aromatic heterocycles. The summed E-state index contributed by atoms with van der Waals surface area (Å²) in [6.45, 7) is -0.0953. The van der Waals surface area contributed by atoms with Gasteiger partial charge in [0.15, 0.2) is 0 Å². The number of alkyl halides is 6. The molecule has 1 fully saturated rings. The number of halogens is 6. The lowest BCUT2D eigenvalue weighted by molar-refractivity contribution is -0.161. The van der Waals surface area contributed by atoms with Crippen LogP contribution in [0.2, 0.25) is 0 Å². The number of hydrogen-bond donors (Lipinski definition) is 2. The fourth-order valence-electron chi connectivity index (χ4n) is 1.81. The summed E-state index contributed by atoms with van der Waals surface area (Å²) in [5.41, 5.74) is 0. The monoisotopic (exact) mass is 292 g/mol. The summed E-state index contributed by atoms with van der Waals surface area (Å²) in [7, 11) is 0. The maximum Gasteiger partial charge on any atom is 0.403 e. The summed E-state index contributed by atoms with van der Waals surface area (Å²) >= 11 is 0. The van der Waals surface area contributed by atoms with E-state index in [1.165, 1.54) is 0 Å². The van der Waals surface area contributed by atoms with E-state index < -0.39 is 43.2 Å². The molecule has 1 aliphatic rings. The molecular formula is C10H14F6N2O. The number of hydrogen-bond acceptors (Lipinski definition) is 2. The largest absolute Gasteiger partial charge is 0.403 e. The predicted molar refractivity (Wildman–Crippen MR) is 54.3 cm³/mol. The van der Waals surface area contributed by atoms with Gasteiger partial charge in [0.1, 0.15) is 6.04 Å². The molecule has 2 unspecified atom stereocenters. The molecular weight excluding hydrogens is 278 g/mol. The number of carbonyl (C=O) groups is 1. The molecule has 0 aromatic rings. The quantitative estimate of drug-likeness (QED) is 0.782. The second kappa shape index (κ2) is 5.98. The Bertz CT molecular complexity index is 306. The summed E-state index contributed by atoms with van der Waals surface area (Å²) in [5.74, 6) is -0.797. The van der Waals surface area contributed by atoms with Crippen LogP contribution in [0.4, 0.5) is 26.3 Å². The van der Waals surface area contributed by atoms with Crippen LogP contribution in [0.15, 0.2) is 0 Å². The molecule has 2 atom stereocenters. The molecule has 0 spiro atoms. The van der Waals surface area contributed by atoms with Crippen LogP contribution >= 0.6 is 0 Å². The highest BCUT2D eigenvalue weighted by molar-refractivity contribution is 5.76. The zero-order valence-corrected chi connectivity index (χ0v) is 9.87. The first-order valence-corrected chi connectivity index (χ1v) is 5.74. The van der Waals surface area contributed by atoms with Crippen molar-refractivity contribution in [1.29, 1.82) is 0 Å². The van der Waals surface area contributed by atoms with Crippen molar-refractivity contribution in [3.05, 3.63) is 0 Å². The molecule has 2 N–H and O–H groups in total. The third kappa shape index (κ3) is 6.13. The standard InChI is InChI=1S/C10H14F6N2O/c11-9(12,13)4-3-8(19)18-6-1-2-7(17-5-6)10(14,15)16/h6-7,17H,1-5H2,(H,18,19). The molecule has 0 bridgehead atoms. The van der Waals surface area contributed by atoms with Crippen molar-refractivity contribution in [1.82, 2.24) is 10.6 Å². The van der Waals surface area contributed by atoms with E-state index in [4.69, 9.17) is 0 Å². The molecule has 0 radical (unpaired) electrons. The molecule has 1 saturated heterocycles. The highest BCUT2D eigenvalue weighted by atomic mass is 19.4. The van der Waals surface area contributed by atoms with Crippen molar-refractivity contribution in [3.8, 4) is 0 Å². The summed E-state index contributed by atoms with van der Waals surface area (Å²) < 4.78 is 72.5. The van der Waals surface area contributed by atoms with Gasteiger partial charge in [-0.15, -0.1) is 0 Å². The molecule has 1 heterocycles. The zero-order chi connectivity index (χ0) is 14.7. The molecule has 0 saturated carbocycles. The van der Waals surface area contributed by atoms with Crippen molar-refractivity contribution in [2.24, 2.45) is 0 Å². The van der Waals surface area contributed by atoms with Crippen LogP contribution < -0.4 is 10.6 Å². The highest BCUT2D eigenvalue weighted by Gasteiger charge is 2.41. The van der Waals surface area contributed by atoms with Gasteiger partial charge in [0.25, 0.3) is 0 Å². The van der Waals surface area contributed by atoms with Gasteiger partial charge in [0.05, 0.1) is 6.42 Å². The van der Waals surface area contributed by atoms with Crippen LogP contribution in [0.1, 0.15) is 25.7 Å². The van der Waals surface area contributed by atoms with Gasteiger partial charge in [0, 0.05) is 19.0 Å². The predicted octanol–water partition coefficient (Wildman–Crippen LogP) is 2.13. The molecule has 9 heteroatoms. The number of piperidine rings is 1. The van der Waals surface area contributed by atoms with E-state index >= 15 is 0 Å². The second-order valence-corrected chi connectivity index (χ2v) is 4.46. The van der Waals surface area contributed by atoms with Gasteiger partial charge in [0.2, 0.25) is 5.91 Å². The smallest absolute Gasteiger partial charge is 0.352 e. The Hall–Kier alpha value is -0.990. The average Bonchev–Trinajstić information content (AvgIpc) is 2.25. The van der Waals surface area contributed by atoms with E-state index in [1.54, 1.807) is 0 Å². The Morgan fingerprint density at radius 1 is 1.16 bits per heavy atom. The van der Waals surface area contributed by atoms with Crippen molar-refractivity contribution in [2.75, 3.05) is 6.54 Å². The Kier molecular flexibility index (Phi) is 5.05. The molecule has 1 aliphatic heterocycles. The Balaban J connectivity index is 2.28. The summed E-state index contributed by atoms with van der Waals surface area (Å²) in [5, 5.41) is 4.52. The van der Waals surface area contributed by atoms with Gasteiger partial charge < -0.3 is 10.6 Å². The van der Waals surface area contributed by atoms with Crippen molar-refractivity contribution < 1.29 is 31.1 Å². The number of carbonyl (C=O) groups excluding carboxylic acids is 1. The molecule has 0 aliphatic carbocycles. The van der Waals surface area contributed by atoms with E-state index in [0.717, 1.165) is 0 Å². The van der Waals surface area contributed by atoms with E-state index in [2.05, 4.69) is 10.6 Å². The highest BCUT2D eigenvalue weighted by Crippen LogP contribution is 2.26. The third-order valence-electron chi connectivity index (χ3n) is 2.81. The fourth-order valence-corrected chi connectivity index (χ4v) is 1.81. The van der Waals surface area contributed by atoms with E-state index in [9.17, 15) is 31.1 Å². The van der Waals surface area contributed by atoms with E-state index in [-0.39, 0.29) is 19.4 Å². The SMILES string of the molecule is O=C(CCC(F)(F)F)NC1CCC(C(F)(F)F)NC1. The first kappa shape index (κ1) is 16.1. The Morgan fingerprint density at radius 2 is 1.79 bits per heavy atom. The molecule has 0 aromatic carbocycles. The normalized spacial score (nSPS) is 25.2. The number of amides is 1. The number of rotatable bonds is 3. The van der Waals surface area contributed by atoms with Crippen LogP contribution in [0.3, 0.4) is 0 Å². The molecule has 1 rings (SSSR count). The lowest BCUT2D eigenvalue weighted by Gasteiger charge is -2.31. The van der Waals surface area contributed by atoms with Gasteiger partial charge in [-0.2, -0.15) is 26.3 Å². The topological polar surface area (TPSA) is 41.1 Å². The van der Waals surface area contributed by atoms with Crippen LogP contribution in [-0.2, 0) is 4.79 Å². The maximum absolute atomic E-state index is 12.3. The third-order valence-corrected chi connectivity index (χ3v) is 2.81. The summed E-state index contributed by atoms with van der Waals surface area (Å²) in [6, 6.07) is -2.17. The molecule has 19 heavy (non-hydrogen) atoms. The number of nitrogens with one attached hydrogen (secondary N) is 2. The Labute approximate surface area is 105 Å². The van der Waals surface area contributed by atoms with Gasteiger partial charge in [-0.3, -0.25) is 4.79 Å². The zero-order valence-electron chi connectivity index (χ0n) is 9.87. The van der Waals surface area contributed by atoms with Gasteiger partial charge in [-0.1, -0.05) is 0 Å². The Morgan fingerprint density at radius 3 is 2.21 bits per heavy atom. The summed E-state index contributed by atoms with van der Waals surface area (Å²) in [6.07, 6.45) is -10.8. The second-order valence-electron chi connectivity index (χ2n) is 4.46. The summed E-state index contributed by atoms with van der Waals surface area (Å²) in [4.78, 5) is 11.2. The van der Waals surface area contributed by atoms with Crippen molar-refractivity contribution in [3.63, 3.8) is 0 Å². The average molecular weight is 292 g/mol. The van der Waals surface area contributed by atoms with E-state index in [1.807, 2.05) is 0 Å². The lowest BCUT2D eigenvalue weighted by Crippen LogP contribution is -2.54. The van der Waals surface area contributed by atoms with Gasteiger partial charge >= 0.3 is 12.4 Å². The van der Waals surface area contributed by atoms with Gasteiger partial charge in [-0.05, 0) is 12.8 Å². The first-order chi connectivity index (χ1) is 8.58.